The summed E-state index contributed by atoms with van der Waals surface area (Å²) >= 11 is 1.67. The van der Waals surface area contributed by atoms with Crippen molar-refractivity contribution in [2.24, 2.45) is 0 Å². The van der Waals surface area contributed by atoms with Gasteiger partial charge in [0.15, 0.2) is 0 Å². The zero-order chi connectivity index (χ0) is 12.6. The summed E-state index contributed by atoms with van der Waals surface area (Å²) in [5, 5.41) is 11.3. The van der Waals surface area contributed by atoms with E-state index in [1.165, 1.54) is 0 Å². The van der Waals surface area contributed by atoms with Crippen molar-refractivity contribution in [3.8, 4) is 0 Å². The maximum Gasteiger partial charge on any atom is 0.317 e. The lowest BCUT2D eigenvalue weighted by molar-refractivity contribution is -0.137. The van der Waals surface area contributed by atoms with Crippen LogP contribution >= 0.6 is 11.8 Å². The molecule has 0 aliphatic heterocycles. The molecule has 0 radical (unpaired) electrons. The molecule has 1 unspecified atom stereocenters. The molecule has 0 aromatic carbocycles. The number of carbonyl (C=O) groups is 2. The number of aliphatic carboxylic acids is 1. The van der Waals surface area contributed by atoms with E-state index in [4.69, 9.17) is 5.11 Å². The molecule has 0 spiro atoms. The highest BCUT2D eigenvalue weighted by Crippen LogP contribution is 2.00. The van der Waals surface area contributed by atoms with Crippen LogP contribution in [0.1, 0.15) is 19.8 Å². The van der Waals surface area contributed by atoms with Crippen molar-refractivity contribution in [2.45, 2.75) is 25.8 Å². The lowest BCUT2D eigenvalue weighted by Crippen LogP contribution is -2.44. The fourth-order valence-corrected chi connectivity index (χ4v) is 1.58. The monoisotopic (exact) mass is 248 g/mol. The first-order valence-corrected chi connectivity index (χ1v) is 6.63. The van der Waals surface area contributed by atoms with Gasteiger partial charge in [-0.2, -0.15) is 11.8 Å². The summed E-state index contributed by atoms with van der Waals surface area (Å²) in [6, 6.07) is -0.496. The Bertz CT molecular complexity index is 236. The quantitative estimate of drug-likeness (QED) is 0.711. The molecule has 2 N–H and O–H groups in total. The van der Waals surface area contributed by atoms with E-state index < -0.39 is 5.97 Å². The number of carbonyl (C=O) groups excluding carboxylic acids is 1. The number of carboxylic acids is 1. The van der Waals surface area contributed by atoms with Crippen LogP contribution in [0.3, 0.4) is 0 Å². The van der Waals surface area contributed by atoms with Crippen molar-refractivity contribution in [3.05, 3.63) is 0 Å². The molecule has 0 saturated heterocycles. The van der Waals surface area contributed by atoms with Crippen LogP contribution in [0.25, 0.3) is 0 Å². The Labute approximate surface area is 101 Å². The molecule has 5 nitrogen and oxygen atoms in total. The number of nitrogens with one attached hydrogen (secondary N) is 1. The Hall–Kier alpha value is -0.910. The van der Waals surface area contributed by atoms with Crippen LogP contribution in [-0.2, 0) is 4.79 Å². The zero-order valence-corrected chi connectivity index (χ0v) is 10.8. The lowest BCUT2D eigenvalue weighted by atomic mass is 10.1. The molecule has 0 saturated carbocycles. The fourth-order valence-electron chi connectivity index (χ4n) is 1.12. The van der Waals surface area contributed by atoms with Gasteiger partial charge in [-0.25, -0.2) is 4.79 Å². The summed E-state index contributed by atoms with van der Waals surface area (Å²) in [6.07, 6.45) is 2.57. The van der Waals surface area contributed by atoms with E-state index in [2.05, 4.69) is 5.32 Å². The van der Waals surface area contributed by atoms with E-state index in [1.807, 2.05) is 13.2 Å². The molecule has 0 fully saturated rings. The fraction of sp³-hybridized carbons (Fsp3) is 0.800. The first kappa shape index (κ1) is 15.1. The number of amides is 2. The normalized spacial score (nSPS) is 11.9. The van der Waals surface area contributed by atoms with Crippen LogP contribution in [0.5, 0.6) is 0 Å². The smallest absolute Gasteiger partial charge is 0.317 e. The molecule has 94 valence electrons. The summed E-state index contributed by atoms with van der Waals surface area (Å²) in [5.41, 5.74) is 0. The first-order valence-electron chi connectivity index (χ1n) is 5.23. The van der Waals surface area contributed by atoms with E-state index in [1.54, 1.807) is 23.7 Å². The summed E-state index contributed by atoms with van der Waals surface area (Å²) in [6.45, 7) is 2.52. The van der Waals surface area contributed by atoms with Gasteiger partial charge in [0.2, 0.25) is 0 Å². The Morgan fingerprint density at radius 2 is 2.12 bits per heavy atom. The minimum absolute atomic E-state index is 0.0292. The van der Waals surface area contributed by atoms with Gasteiger partial charge in [-0.15, -0.1) is 0 Å². The maximum atomic E-state index is 11.6. The van der Waals surface area contributed by atoms with Gasteiger partial charge in [0, 0.05) is 25.4 Å². The molecular weight excluding hydrogens is 228 g/mol. The third-order valence-electron chi connectivity index (χ3n) is 2.22. The third kappa shape index (κ3) is 6.55. The van der Waals surface area contributed by atoms with Gasteiger partial charge in [0.05, 0.1) is 6.42 Å². The number of hydrogen-bond acceptors (Lipinski definition) is 3. The van der Waals surface area contributed by atoms with E-state index >= 15 is 0 Å². The van der Waals surface area contributed by atoms with Crippen molar-refractivity contribution < 1.29 is 14.7 Å². The molecule has 16 heavy (non-hydrogen) atoms. The molecular formula is C10H20N2O3S. The molecule has 0 aliphatic rings. The Kier molecular flexibility index (Phi) is 7.80. The number of urea groups is 1. The number of rotatable bonds is 7. The lowest BCUT2D eigenvalue weighted by Gasteiger charge is -2.21. The second kappa shape index (κ2) is 8.27. The minimum Gasteiger partial charge on any atom is -0.481 e. The summed E-state index contributed by atoms with van der Waals surface area (Å²) in [4.78, 5) is 23.7. The predicted molar refractivity (Wildman–Crippen MR) is 65.9 cm³/mol. The summed E-state index contributed by atoms with van der Waals surface area (Å²) in [7, 11) is 1.71. The Balaban J connectivity index is 4.03. The van der Waals surface area contributed by atoms with Crippen molar-refractivity contribution in [2.75, 3.05) is 25.6 Å². The van der Waals surface area contributed by atoms with Gasteiger partial charge >= 0.3 is 12.0 Å². The molecule has 0 rings (SSSR count). The largest absolute Gasteiger partial charge is 0.481 e. The third-order valence-corrected chi connectivity index (χ3v) is 2.81. The summed E-state index contributed by atoms with van der Waals surface area (Å²) in [5.74, 6) is -0.0152. The maximum absolute atomic E-state index is 11.6. The average Bonchev–Trinajstić information content (AvgIpc) is 2.23. The molecule has 2 amide bonds. The second-order valence-corrected chi connectivity index (χ2v) is 4.55. The number of thioether (sulfide) groups is 1. The molecule has 0 aromatic heterocycles. The van der Waals surface area contributed by atoms with Crippen LogP contribution in [-0.4, -0.2) is 53.6 Å². The van der Waals surface area contributed by atoms with E-state index in [-0.39, 0.29) is 18.5 Å². The van der Waals surface area contributed by atoms with Crippen LogP contribution in [0.15, 0.2) is 0 Å². The van der Waals surface area contributed by atoms with Crippen LogP contribution in [0.4, 0.5) is 4.79 Å². The predicted octanol–water partition coefficient (Wildman–Crippen LogP) is 1.24. The highest BCUT2D eigenvalue weighted by atomic mass is 32.2. The Morgan fingerprint density at radius 3 is 2.56 bits per heavy atom. The highest BCUT2D eigenvalue weighted by molar-refractivity contribution is 7.98. The van der Waals surface area contributed by atoms with E-state index in [0.29, 0.717) is 13.0 Å². The van der Waals surface area contributed by atoms with Gasteiger partial charge in [0.25, 0.3) is 0 Å². The molecule has 0 bridgehead atoms. The molecule has 0 aromatic rings. The minimum atomic E-state index is -0.890. The SMILES string of the molecule is CCC(CC(=O)O)NC(=O)N(C)CCSC. The first-order chi connectivity index (χ1) is 7.51. The molecule has 6 heteroatoms. The average molecular weight is 248 g/mol. The number of nitrogens with zero attached hydrogens (tertiary/aromatic N) is 1. The highest BCUT2D eigenvalue weighted by Gasteiger charge is 2.16. The van der Waals surface area contributed by atoms with Crippen LogP contribution in [0.2, 0.25) is 0 Å². The molecule has 0 aliphatic carbocycles. The van der Waals surface area contributed by atoms with E-state index in [9.17, 15) is 9.59 Å². The van der Waals surface area contributed by atoms with Crippen LogP contribution in [0, 0.1) is 0 Å². The summed E-state index contributed by atoms with van der Waals surface area (Å²) < 4.78 is 0. The number of carboxylic acid groups (broad SMARTS) is 1. The standard InChI is InChI=1S/C10H20N2O3S/c1-4-8(7-9(13)14)11-10(15)12(2)5-6-16-3/h8H,4-7H2,1-3H3,(H,11,15)(H,13,14). The van der Waals surface area contributed by atoms with Gasteiger partial charge < -0.3 is 15.3 Å². The molecule has 0 heterocycles. The van der Waals surface area contributed by atoms with Crippen molar-refractivity contribution in [1.82, 2.24) is 10.2 Å². The van der Waals surface area contributed by atoms with Gasteiger partial charge in [0.1, 0.15) is 0 Å². The van der Waals surface area contributed by atoms with Crippen molar-refractivity contribution in [3.63, 3.8) is 0 Å². The van der Waals surface area contributed by atoms with Crippen molar-refractivity contribution >= 4 is 23.8 Å². The van der Waals surface area contributed by atoms with E-state index in [0.717, 1.165) is 5.75 Å². The zero-order valence-electron chi connectivity index (χ0n) is 10.0. The van der Waals surface area contributed by atoms with Gasteiger partial charge in [-0.1, -0.05) is 6.92 Å². The van der Waals surface area contributed by atoms with Gasteiger partial charge in [-0.05, 0) is 12.7 Å². The van der Waals surface area contributed by atoms with Gasteiger partial charge in [-0.3, -0.25) is 4.79 Å². The van der Waals surface area contributed by atoms with Crippen LogP contribution < -0.4 is 5.32 Å². The Morgan fingerprint density at radius 1 is 1.50 bits per heavy atom. The second-order valence-electron chi connectivity index (χ2n) is 3.57. The van der Waals surface area contributed by atoms with Crippen molar-refractivity contribution in [1.29, 1.82) is 0 Å². The topological polar surface area (TPSA) is 69.6 Å². The number of hydrogen-bond donors (Lipinski definition) is 2. The molecule has 1 atom stereocenters.